The Morgan fingerprint density at radius 2 is 2.08 bits per heavy atom. The number of carbonyl (C=O) groups is 4. The molecule has 1 aromatic heterocycles. The van der Waals surface area contributed by atoms with Gasteiger partial charge in [0, 0.05) is 6.42 Å². The molecular formula is C10H14N6O7S. The van der Waals surface area contributed by atoms with Crippen molar-refractivity contribution in [2.75, 3.05) is 5.75 Å². The average Bonchev–Trinajstić information content (AvgIpc) is 3.02. The predicted octanol–water partition coefficient (Wildman–Crippen LogP) is -1.59. The standard InChI is InChI=1S/C10H14N6O7S/c17-4-23-6(3-24-10-13-15-16-14-10)12-9(22)11-5(8(20)21)1-2-7(18)19/h4-6H,1-3H2,(H,18,19)(H,20,21)(H2,11,12,22)(H,13,14,15,16)/t5-,6+/m0/s1. The number of tetrazole rings is 1. The Bertz CT molecular complexity index is 568. The van der Waals surface area contributed by atoms with Crippen molar-refractivity contribution in [3.8, 4) is 0 Å². The molecule has 2 atom stereocenters. The maximum Gasteiger partial charge on any atom is 0.326 e. The number of carboxylic acid groups (broad SMARTS) is 2. The summed E-state index contributed by atoms with van der Waals surface area (Å²) in [5, 5.41) is 34.8. The quantitative estimate of drug-likeness (QED) is 0.173. The number of carbonyl (C=O) groups excluding carboxylic acids is 2. The minimum absolute atomic E-state index is 0.0515. The third-order valence-corrected chi connectivity index (χ3v) is 3.38. The molecule has 24 heavy (non-hydrogen) atoms. The molecular weight excluding hydrogens is 348 g/mol. The number of H-pyrrole nitrogens is 1. The van der Waals surface area contributed by atoms with E-state index < -0.39 is 36.7 Å². The maximum absolute atomic E-state index is 11.8. The van der Waals surface area contributed by atoms with Gasteiger partial charge in [-0.1, -0.05) is 11.8 Å². The number of hydrogen-bond acceptors (Lipinski definition) is 9. The summed E-state index contributed by atoms with van der Waals surface area (Å²) >= 11 is 1.04. The van der Waals surface area contributed by atoms with Gasteiger partial charge in [0.2, 0.25) is 5.16 Å². The first-order chi connectivity index (χ1) is 11.4. The number of hydrogen-bond donors (Lipinski definition) is 5. The molecule has 0 aliphatic rings. The number of carboxylic acids is 2. The fourth-order valence-corrected chi connectivity index (χ4v) is 2.09. The number of nitrogens with zero attached hydrogens (tertiary/aromatic N) is 3. The van der Waals surface area contributed by atoms with Crippen LogP contribution in [0.15, 0.2) is 5.16 Å². The van der Waals surface area contributed by atoms with Crippen LogP contribution < -0.4 is 10.6 Å². The zero-order valence-corrected chi connectivity index (χ0v) is 12.9. The summed E-state index contributed by atoms with van der Waals surface area (Å²) in [6.07, 6.45) is -1.80. The summed E-state index contributed by atoms with van der Waals surface area (Å²) in [4.78, 5) is 43.7. The van der Waals surface area contributed by atoms with Crippen molar-refractivity contribution in [3.63, 3.8) is 0 Å². The lowest BCUT2D eigenvalue weighted by Crippen LogP contribution is -2.50. The fraction of sp³-hybridized carbons (Fsp3) is 0.500. The lowest BCUT2D eigenvalue weighted by atomic mass is 10.1. The highest BCUT2D eigenvalue weighted by atomic mass is 32.2. The smallest absolute Gasteiger partial charge is 0.326 e. The van der Waals surface area contributed by atoms with Gasteiger partial charge >= 0.3 is 18.0 Å². The van der Waals surface area contributed by atoms with E-state index in [1.165, 1.54) is 0 Å². The van der Waals surface area contributed by atoms with Crippen molar-refractivity contribution in [2.24, 2.45) is 0 Å². The molecule has 1 aromatic rings. The Morgan fingerprint density at radius 3 is 2.62 bits per heavy atom. The molecule has 2 amide bonds. The topological polar surface area (TPSA) is 196 Å². The number of aliphatic carboxylic acids is 2. The second kappa shape index (κ2) is 9.98. The van der Waals surface area contributed by atoms with Crippen molar-refractivity contribution >= 4 is 36.2 Å². The Hall–Kier alpha value is -2.90. The van der Waals surface area contributed by atoms with Gasteiger partial charge in [-0.2, -0.15) is 0 Å². The summed E-state index contributed by atoms with van der Waals surface area (Å²) < 4.78 is 4.65. The third kappa shape index (κ3) is 7.39. The molecule has 13 nitrogen and oxygen atoms in total. The zero-order valence-electron chi connectivity index (χ0n) is 12.0. The van der Waals surface area contributed by atoms with Gasteiger partial charge in [0.05, 0.1) is 5.75 Å². The van der Waals surface area contributed by atoms with E-state index in [2.05, 4.69) is 36.0 Å². The highest BCUT2D eigenvalue weighted by Crippen LogP contribution is 2.11. The molecule has 0 spiro atoms. The van der Waals surface area contributed by atoms with Crippen LogP contribution in [-0.2, 0) is 19.1 Å². The summed E-state index contributed by atoms with van der Waals surface area (Å²) in [5.41, 5.74) is 0. The van der Waals surface area contributed by atoms with E-state index in [1.807, 2.05) is 0 Å². The first-order valence-electron chi connectivity index (χ1n) is 6.39. The van der Waals surface area contributed by atoms with Crippen molar-refractivity contribution < 1.29 is 34.1 Å². The van der Waals surface area contributed by atoms with Crippen molar-refractivity contribution in [2.45, 2.75) is 30.3 Å². The molecule has 0 radical (unpaired) electrons. The molecule has 0 saturated heterocycles. The molecule has 0 fully saturated rings. The Morgan fingerprint density at radius 1 is 1.33 bits per heavy atom. The first-order valence-corrected chi connectivity index (χ1v) is 7.38. The highest BCUT2D eigenvalue weighted by Gasteiger charge is 2.23. The molecule has 132 valence electrons. The molecule has 0 aliphatic heterocycles. The molecule has 1 heterocycles. The van der Waals surface area contributed by atoms with Crippen LogP contribution in [0.3, 0.4) is 0 Å². The zero-order chi connectivity index (χ0) is 17.9. The number of ether oxygens (including phenoxy) is 1. The van der Waals surface area contributed by atoms with Crippen molar-refractivity contribution in [3.05, 3.63) is 0 Å². The van der Waals surface area contributed by atoms with Gasteiger partial charge < -0.3 is 25.6 Å². The first kappa shape index (κ1) is 19.1. The van der Waals surface area contributed by atoms with Crippen LogP contribution in [0.1, 0.15) is 12.8 Å². The molecule has 14 heteroatoms. The largest absolute Gasteiger partial charge is 0.481 e. The molecule has 0 unspecified atom stereocenters. The highest BCUT2D eigenvalue weighted by molar-refractivity contribution is 7.99. The average molecular weight is 362 g/mol. The maximum atomic E-state index is 11.8. The SMILES string of the molecule is O=CO[C@H](CSc1nnn[nH]1)NC(=O)N[C@@H](CCC(=O)O)C(=O)O. The van der Waals surface area contributed by atoms with Crippen LogP contribution >= 0.6 is 11.8 Å². The molecule has 5 N–H and O–H groups in total. The molecule has 0 bridgehead atoms. The van der Waals surface area contributed by atoms with E-state index in [4.69, 9.17) is 10.2 Å². The molecule has 0 aliphatic carbocycles. The van der Waals surface area contributed by atoms with E-state index >= 15 is 0 Å². The van der Waals surface area contributed by atoms with E-state index in [0.29, 0.717) is 5.16 Å². The lowest BCUT2D eigenvalue weighted by Gasteiger charge is -2.19. The Labute approximate surface area is 138 Å². The van der Waals surface area contributed by atoms with Crippen LogP contribution in [0.2, 0.25) is 0 Å². The van der Waals surface area contributed by atoms with Gasteiger partial charge in [0.1, 0.15) is 6.04 Å². The van der Waals surface area contributed by atoms with Crippen LogP contribution in [-0.4, -0.2) is 73.3 Å². The van der Waals surface area contributed by atoms with Crippen molar-refractivity contribution in [1.29, 1.82) is 0 Å². The van der Waals surface area contributed by atoms with Crippen LogP contribution in [0, 0.1) is 0 Å². The predicted molar refractivity (Wildman–Crippen MR) is 75.8 cm³/mol. The van der Waals surface area contributed by atoms with E-state index in [-0.39, 0.29) is 18.6 Å². The van der Waals surface area contributed by atoms with Crippen LogP contribution in [0.25, 0.3) is 0 Å². The van der Waals surface area contributed by atoms with Crippen LogP contribution in [0.4, 0.5) is 4.79 Å². The monoisotopic (exact) mass is 362 g/mol. The van der Waals surface area contributed by atoms with Crippen LogP contribution in [0.5, 0.6) is 0 Å². The fourth-order valence-electron chi connectivity index (χ4n) is 1.42. The number of amides is 2. The number of aromatic nitrogens is 4. The number of aromatic amines is 1. The van der Waals surface area contributed by atoms with Gasteiger partial charge in [-0.05, 0) is 16.8 Å². The molecule has 0 saturated carbocycles. The van der Waals surface area contributed by atoms with Crippen molar-refractivity contribution in [1.82, 2.24) is 31.3 Å². The Kier molecular flexibility index (Phi) is 7.97. The summed E-state index contributed by atoms with van der Waals surface area (Å²) in [7, 11) is 0. The van der Waals surface area contributed by atoms with Gasteiger partial charge in [0.25, 0.3) is 6.47 Å². The summed E-state index contributed by atoms with van der Waals surface area (Å²) in [6.45, 7) is 0.114. The van der Waals surface area contributed by atoms with E-state index in [0.717, 1.165) is 11.8 Å². The van der Waals surface area contributed by atoms with E-state index in [1.54, 1.807) is 0 Å². The number of thioether (sulfide) groups is 1. The number of rotatable bonds is 11. The summed E-state index contributed by atoms with van der Waals surface area (Å²) in [6, 6.07) is -2.33. The van der Waals surface area contributed by atoms with Gasteiger partial charge in [-0.3, -0.25) is 9.59 Å². The molecule has 0 aromatic carbocycles. The second-order valence-electron chi connectivity index (χ2n) is 4.18. The third-order valence-electron chi connectivity index (χ3n) is 2.46. The van der Waals surface area contributed by atoms with E-state index in [9.17, 15) is 19.2 Å². The van der Waals surface area contributed by atoms with Gasteiger partial charge in [0.15, 0.2) is 6.23 Å². The summed E-state index contributed by atoms with van der Waals surface area (Å²) in [5.74, 6) is -2.53. The second-order valence-corrected chi connectivity index (χ2v) is 5.19. The molecule has 1 rings (SSSR count). The van der Waals surface area contributed by atoms with Gasteiger partial charge in [-0.15, -0.1) is 5.10 Å². The number of nitrogens with one attached hydrogen (secondary N) is 3. The Balaban J connectivity index is 2.51. The lowest BCUT2D eigenvalue weighted by molar-refractivity contribution is -0.141. The minimum Gasteiger partial charge on any atom is -0.481 e. The minimum atomic E-state index is -1.40. The van der Waals surface area contributed by atoms with Gasteiger partial charge in [-0.25, -0.2) is 14.7 Å². The number of urea groups is 1. The normalized spacial score (nSPS) is 12.7.